The lowest BCUT2D eigenvalue weighted by atomic mass is 9.81. The van der Waals surface area contributed by atoms with Crippen molar-refractivity contribution >= 4 is 5.78 Å². The maximum absolute atomic E-state index is 13.6. The average molecular weight is 418 g/mol. The standard InChI is InChI=1S/C23H21F3O4/c1-14-17-11-21-20(29-13-30-21)9-8-15(17)5-4-10-28-12-18(22(14)27)16-6-2-3-7-19(16)23(24,25)26/h2-7,9,11,14,18H,8,10,12-13H2,1H3/b5-4-. The first kappa shape index (κ1) is 20.5. The summed E-state index contributed by atoms with van der Waals surface area (Å²) in [6.07, 6.45) is 3.31. The molecule has 1 aliphatic carbocycles. The van der Waals surface area contributed by atoms with Gasteiger partial charge in [0, 0.05) is 5.92 Å². The molecule has 2 atom stereocenters. The molecule has 0 aromatic heterocycles. The summed E-state index contributed by atoms with van der Waals surface area (Å²) < 4.78 is 57.3. The zero-order valence-electron chi connectivity index (χ0n) is 16.4. The maximum Gasteiger partial charge on any atom is 0.416 e. The van der Waals surface area contributed by atoms with E-state index in [1.807, 2.05) is 18.2 Å². The number of hydrogen-bond acceptors (Lipinski definition) is 4. The molecule has 0 amide bonds. The molecular weight excluding hydrogens is 397 g/mol. The number of fused-ring (bicyclic) bond motifs is 1. The van der Waals surface area contributed by atoms with E-state index in [4.69, 9.17) is 14.2 Å². The van der Waals surface area contributed by atoms with E-state index >= 15 is 0 Å². The predicted molar refractivity (Wildman–Crippen MR) is 103 cm³/mol. The minimum Gasteiger partial charge on any atom is -0.454 e. The second-order valence-electron chi connectivity index (χ2n) is 7.37. The van der Waals surface area contributed by atoms with Gasteiger partial charge in [-0.1, -0.05) is 37.3 Å². The molecule has 30 heavy (non-hydrogen) atoms. The van der Waals surface area contributed by atoms with E-state index < -0.39 is 23.6 Å². The van der Waals surface area contributed by atoms with Crippen LogP contribution in [0.1, 0.15) is 30.4 Å². The van der Waals surface area contributed by atoms with E-state index in [0.29, 0.717) is 17.9 Å². The van der Waals surface area contributed by atoms with Gasteiger partial charge in [0.2, 0.25) is 6.79 Å². The summed E-state index contributed by atoms with van der Waals surface area (Å²) in [7, 11) is 0. The van der Waals surface area contributed by atoms with Gasteiger partial charge in [-0.15, -0.1) is 0 Å². The lowest BCUT2D eigenvalue weighted by Crippen LogP contribution is -2.28. The number of rotatable bonds is 1. The molecule has 2 unspecified atom stereocenters. The summed E-state index contributed by atoms with van der Waals surface area (Å²) in [5.74, 6) is -0.863. The lowest BCUT2D eigenvalue weighted by molar-refractivity contribution is -0.139. The molecule has 2 aliphatic heterocycles. The Morgan fingerprint density at radius 1 is 1.10 bits per heavy atom. The number of carbonyl (C=O) groups is 1. The van der Waals surface area contributed by atoms with Crippen LogP contribution >= 0.6 is 0 Å². The Morgan fingerprint density at radius 3 is 2.67 bits per heavy atom. The smallest absolute Gasteiger partial charge is 0.416 e. The molecule has 158 valence electrons. The van der Waals surface area contributed by atoms with Crippen LogP contribution in [0, 0.1) is 5.92 Å². The van der Waals surface area contributed by atoms with Gasteiger partial charge in [-0.25, -0.2) is 0 Å². The second kappa shape index (κ2) is 8.14. The Morgan fingerprint density at radius 2 is 1.87 bits per heavy atom. The molecule has 0 N–H and O–H groups in total. The fraction of sp³-hybridized carbons (Fsp3) is 0.348. The fourth-order valence-electron chi connectivity index (χ4n) is 3.98. The molecular formula is C23H21F3O4. The molecule has 2 heterocycles. The van der Waals surface area contributed by atoms with E-state index in [9.17, 15) is 18.0 Å². The monoisotopic (exact) mass is 418 g/mol. The van der Waals surface area contributed by atoms with E-state index in [2.05, 4.69) is 0 Å². The third-order valence-corrected chi connectivity index (χ3v) is 5.53. The van der Waals surface area contributed by atoms with Crippen LogP contribution in [-0.2, 0) is 25.2 Å². The Hall–Kier alpha value is -2.80. The van der Waals surface area contributed by atoms with Gasteiger partial charge in [-0.3, -0.25) is 4.79 Å². The van der Waals surface area contributed by atoms with Crippen molar-refractivity contribution in [3.63, 3.8) is 0 Å². The van der Waals surface area contributed by atoms with Crippen molar-refractivity contribution in [2.45, 2.75) is 25.4 Å². The zero-order valence-corrected chi connectivity index (χ0v) is 16.4. The van der Waals surface area contributed by atoms with Crippen molar-refractivity contribution in [2.75, 3.05) is 20.0 Å². The SMILES string of the molecule is CC1C(=O)C(c2ccccc2C(F)(F)F)COC/C=C\C2=C1C=C1OCOC1=CC2. The van der Waals surface area contributed by atoms with Gasteiger partial charge in [0.25, 0.3) is 0 Å². The summed E-state index contributed by atoms with van der Waals surface area (Å²) in [5.41, 5.74) is 0.732. The largest absolute Gasteiger partial charge is 0.454 e. The average Bonchev–Trinajstić information content (AvgIpc) is 3.09. The number of ketones is 1. The predicted octanol–water partition coefficient (Wildman–Crippen LogP) is 5.05. The van der Waals surface area contributed by atoms with Crippen LogP contribution in [-0.4, -0.2) is 25.8 Å². The highest BCUT2D eigenvalue weighted by Crippen LogP contribution is 2.39. The van der Waals surface area contributed by atoms with Gasteiger partial charge in [0.15, 0.2) is 11.5 Å². The minimum atomic E-state index is -4.56. The quantitative estimate of drug-likeness (QED) is 0.640. The van der Waals surface area contributed by atoms with Crippen molar-refractivity contribution in [3.05, 3.63) is 82.4 Å². The number of allylic oxidation sites excluding steroid dienone is 5. The van der Waals surface area contributed by atoms with Gasteiger partial charge in [-0.05, 0) is 41.3 Å². The summed E-state index contributed by atoms with van der Waals surface area (Å²) >= 11 is 0. The van der Waals surface area contributed by atoms with Gasteiger partial charge in [-0.2, -0.15) is 13.2 Å². The summed E-state index contributed by atoms with van der Waals surface area (Å²) in [4.78, 5) is 13.5. The van der Waals surface area contributed by atoms with Crippen molar-refractivity contribution < 1.29 is 32.2 Å². The molecule has 1 aromatic rings. The number of carbonyl (C=O) groups excluding carboxylic acids is 1. The Balaban J connectivity index is 1.77. The normalized spacial score (nSPS) is 25.8. The first-order chi connectivity index (χ1) is 14.4. The number of Topliss-reactive ketones (excluding diaryl/α,β-unsaturated/α-hetero) is 1. The molecule has 0 spiro atoms. The molecule has 3 aliphatic rings. The molecule has 0 saturated carbocycles. The van der Waals surface area contributed by atoms with Crippen molar-refractivity contribution in [3.8, 4) is 0 Å². The van der Waals surface area contributed by atoms with Crippen LogP contribution in [0.4, 0.5) is 13.2 Å². The molecule has 0 radical (unpaired) electrons. The molecule has 4 nitrogen and oxygen atoms in total. The molecule has 4 rings (SSSR count). The van der Waals surface area contributed by atoms with Crippen LogP contribution in [0.15, 0.2) is 71.2 Å². The summed E-state index contributed by atoms with van der Waals surface area (Å²) in [6.45, 7) is 1.90. The molecule has 1 saturated heterocycles. The van der Waals surface area contributed by atoms with Gasteiger partial charge in [0.05, 0.1) is 24.7 Å². The fourth-order valence-corrected chi connectivity index (χ4v) is 3.98. The first-order valence-electron chi connectivity index (χ1n) is 9.71. The van der Waals surface area contributed by atoms with E-state index in [0.717, 1.165) is 17.2 Å². The number of hydrogen-bond donors (Lipinski definition) is 0. The topological polar surface area (TPSA) is 44.8 Å². The Bertz CT molecular complexity index is 969. The summed E-state index contributed by atoms with van der Waals surface area (Å²) in [6, 6.07) is 5.20. The number of ether oxygens (including phenoxy) is 3. The van der Waals surface area contributed by atoms with Crippen molar-refractivity contribution in [1.82, 2.24) is 0 Å². The minimum absolute atomic E-state index is 0.0610. The highest BCUT2D eigenvalue weighted by Gasteiger charge is 2.38. The second-order valence-corrected chi connectivity index (χ2v) is 7.37. The molecule has 1 aromatic carbocycles. The van der Waals surface area contributed by atoms with Gasteiger partial charge >= 0.3 is 6.18 Å². The van der Waals surface area contributed by atoms with Crippen LogP contribution in [0.25, 0.3) is 0 Å². The maximum atomic E-state index is 13.6. The Kier molecular flexibility index (Phi) is 5.56. The van der Waals surface area contributed by atoms with Crippen LogP contribution in [0.5, 0.6) is 0 Å². The third-order valence-electron chi connectivity index (χ3n) is 5.53. The number of benzene rings is 1. The third kappa shape index (κ3) is 3.94. The highest BCUT2D eigenvalue weighted by molar-refractivity contribution is 5.91. The highest BCUT2D eigenvalue weighted by atomic mass is 19.4. The molecule has 1 fully saturated rings. The van der Waals surface area contributed by atoms with Crippen LogP contribution in [0.3, 0.4) is 0 Å². The van der Waals surface area contributed by atoms with Gasteiger partial charge < -0.3 is 14.2 Å². The van der Waals surface area contributed by atoms with Crippen molar-refractivity contribution in [1.29, 1.82) is 0 Å². The Labute approximate surface area is 172 Å². The molecule has 0 bridgehead atoms. The van der Waals surface area contributed by atoms with Gasteiger partial charge in [0.1, 0.15) is 5.78 Å². The summed E-state index contributed by atoms with van der Waals surface area (Å²) in [5, 5.41) is 0. The van der Waals surface area contributed by atoms with E-state index in [-0.39, 0.29) is 31.4 Å². The molecule has 7 heteroatoms. The number of halogens is 3. The lowest BCUT2D eigenvalue weighted by Gasteiger charge is -2.25. The van der Waals surface area contributed by atoms with Crippen LogP contribution < -0.4 is 0 Å². The zero-order chi connectivity index (χ0) is 21.3. The van der Waals surface area contributed by atoms with E-state index in [1.54, 1.807) is 13.0 Å². The van der Waals surface area contributed by atoms with Crippen molar-refractivity contribution in [2.24, 2.45) is 5.92 Å². The van der Waals surface area contributed by atoms with Crippen LogP contribution in [0.2, 0.25) is 0 Å². The van der Waals surface area contributed by atoms with E-state index in [1.165, 1.54) is 18.2 Å². The first-order valence-corrected chi connectivity index (χ1v) is 9.71. The number of alkyl halides is 3.